The molecule has 0 saturated heterocycles. The first-order valence-corrected chi connectivity index (χ1v) is 9.60. The Morgan fingerprint density at radius 3 is 2.27 bits per heavy atom. The van der Waals surface area contributed by atoms with Gasteiger partial charge in [-0.1, -0.05) is 30.3 Å². The molecule has 138 valence electrons. The van der Waals surface area contributed by atoms with Gasteiger partial charge < -0.3 is 9.47 Å². The molecule has 1 atom stereocenters. The predicted octanol–water partition coefficient (Wildman–Crippen LogP) is 2.43. The van der Waals surface area contributed by atoms with E-state index >= 15 is 0 Å². The molecule has 0 amide bonds. The fraction of sp³-hybridized carbons (Fsp3) is 0.176. The van der Waals surface area contributed by atoms with E-state index in [1.54, 1.807) is 30.3 Å². The zero-order valence-corrected chi connectivity index (χ0v) is 16.3. The van der Waals surface area contributed by atoms with Crippen molar-refractivity contribution in [2.45, 2.75) is 10.9 Å². The number of hydrogen-bond donors (Lipinski definition) is 1. The average Bonchev–Trinajstić information content (AvgIpc) is 2.65. The second kappa shape index (κ2) is 8.43. The summed E-state index contributed by atoms with van der Waals surface area (Å²) >= 11 is 3.17. The molecule has 0 saturated carbocycles. The van der Waals surface area contributed by atoms with Gasteiger partial charge in [0.15, 0.2) is 0 Å². The van der Waals surface area contributed by atoms with Crippen molar-refractivity contribution in [3.05, 3.63) is 64.1 Å². The van der Waals surface area contributed by atoms with Crippen LogP contribution in [0.3, 0.4) is 0 Å². The average molecular weight is 442 g/mol. The molecular weight excluding hydrogens is 426 g/mol. The van der Waals surface area contributed by atoms with Gasteiger partial charge in [0, 0.05) is 4.47 Å². The molecule has 9 heteroatoms. The summed E-state index contributed by atoms with van der Waals surface area (Å²) in [5, 5.41) is 0. The Bertz CT molecular complexity index is 914. The largest absolute Gasteiger partial charge is 0.468 e. The van der Waals surface area contributed by atoms with E-state index in [4.69, 9.17) is 4.74 Å². The standard InChI is InChI=1S/C17H16BrNO6S/c1-24-16(20)13-10-12(8-9-14(13)18)26(22,23)19-15(17(21)25-2)11-6-4-3-5-7-11/h3-10,15,19H,1-2H3. The van der Waals surface area contributed by atoms with Crippen LogP contribution in [0.2, 0.25) is 0 Å². The van der Waals surface area contributed by atoms with Crippen LogP contribution >= 0.6 is 15.9 Å². The number of nitrogens with one attached hydrogen (secondary N) is 1. The summed E-state index contributed by atoms with van der Waals surface area (Å²) in [5.74, 6) is -1.45. The van der Waals surface area contributed by atoms with Crippen molar-refractivity contribution in [1.29, 1.82) is 0 Å². The van der Waals surface area contributed by atoms with Crippen molar-refractivity contribution < 1.29 is 27.5 Å². The molecule has 0 aliphatic carbocycles. The summed E-state index contributed by atoms with van der Waals surface area (Å²) in [4.78, 5) is 23.6. The predicted molar refractivity (Wildman–Crippen MR) is 97.0 cm³/mol. The van der Waals surface area contributed by atoms with Gasteiger partial charge >= 0.3 is 11.9 Å². The number of esters is 2. The van der Waals surface area contributed by atoms with Crippen LogP contribution in [-0.2, 0) is 24.3 Å². The molecule has 0 aliphatic heterocycles. The van der Waals surface area contributed by atoms with Gasteiger partial charge in [-0.2, -0.15) is 4.72 Å². The van der Waals surface area contributed by atoms with Gasteiger partial charge in [0.2, 0.25) is 10.0 Å². The quantitative estimate of drug-likeness (QED) is 0.691. The van der Waals surface area contributed by atoms with Gasteiger partial charge in [-0.05, 0) is 39.7 Å². The molecule has 0 radical (unpaired) electrons. The molecule has 2 rings (SSSR count). The van der Waals surface area contributed by atoms with Crippen LogP contribution in [0.4, 0.5) is 0 Å². The first kappa shape index (κ1) is 20.1. The number of benzene rings is 2. The van der Waals surface area contributed by atoms with Gasteiger partial charge in [-0.25, -0.2) is 18.0 Å². The van der Waals surface area contributed by atoms with E-state index in [0.717, 1.165) is 6.07 Å². The summed E-state index contributed by atoms with van der Waals surface area (Å²) in [7, 11) is -1.76. The second-order valence-corrected chi connectivity index (χ2v) is 7.69. The fourth-order valence-electron chi connectivity index (χ4n) is 2.18. The zero-order valence-electron chi connectivity index (χ0n) is 13.9. The summed E-state index contributed by atoms with van der Waals surface area (Å²) in [5.41, 5.74) is 0.470. The maximum atomic E-state index is 12.7. The summed E-state index contributed by atoms with van der Waals surface area (Å²) in [6.07, 6.45) is 0. The number of carbonyl (C=O) groups is 2. The normalized spacial score (nSPS) is 12.3. The van der Waals surface area contributed by atoms with E-state index in [0.29, 0.717) is 10.0 Å². The first-order chi connectivity index (χ1) is 12.3. The molecule has 26 heavy (non-hydrogen) atoms. The molecular formula is C17H16BrNO6S. The topological polar surface area (TPSA) is 98.8 Å². The third-order valence-corrected chi connectivity index (χ3v) is 5.61. The Kier molecular flexibility index (Phi) is 6.52. The maximum Gasteiger partial charge on any atom is 0.339 e. The molecule has 1 unspecified atom stereocenters. The van der Waals surface area contributed by atoms with Crippen molar-refractivity contribution in [3.63, 3.8) is 0 Å². The Morgan fingerprint density at radius 2 is 1.69 bits per heavy atom. The minimum absolute atomic E-state index is 0.0460. The molecule has 2 aromatic rings. The van der Waals surface area contributed by atoms with Crippen LogP contribution < -0.4 is 4.72 Å². The van der Waals surface area contributed by atoms with Crippen LogP contribution in [0.25, 0.3) is 0 Å². The van der Waals surface area contributed by atoms with Crippen LogP contribution in [0.5, 0.6) is 0 Å². The van der Waals surface area contributed by atoms with Gasteiger partial charge in [-0.3, -0.25) is 0 Å². The first-order valence-electron chi connectivity index (χ1n) is 7.33. The van der Waals surface area contributed by atoms with Gasteiger partial charge in [-0.15, -0.1) is 0 Å². The minimum Gasteiger partial charge on any atom is -0.468 e. The third-order valence-electron chi connectivity index (χ3n) is 3.50. The molecule has 0 spiro atoms. The third kappa shape index (κ3) is 4.48. The van der Waals surface area contributed by atoms with Crippen molar-refractivity contribution >= 4 is 37.9 Å². The highest BCUT2D eigenvalue weighted by Gasteiger charge is 2.28. The molecule has 0 aliphatic rings. The van der Waals surface area contributed by atoms with Crippen molar-refractivity contribution in [3.8, 4) is 0 Å². The van der Waals surface area contributed by atoms with Crippen LogP contribution in [-0.4, -0.2) is 34.6 Å². The van der Waals surface area contributed by atoms with Gasteiger partial charge in [0.05, 0.1) is 24.7 Å². The van der Waals surface area contributed by atoms with E-state index in [2.05, 4.69) is 25.4 Å². The number of halogens is 1. The number of methoxy groups -OCH3 is 2. The van der Waals surface area contributed by atoms with Crippen molar-refractivity contribution in [2.75, 3.05) is 14.2 Å². The summed E-state index contributed by atoms with van der Waals surface area (Å²) in [6.45, 7) is 0. The summed E-state index contributed by atoms with van der Waals surface area (Å²) in [6, 6.07) is 11.0. The van der Waals surface area contributed by atoms with Crippen LogP contribution in [0, 0.1) is 0 Å². The smallest absolute Gasteiger partial charge is 0.339 e. The molecule has 0 heterocycles. The molecule has 0 bridgehead atoms. The van der Waals surface area contributed by atoms with Gasteiger partial charge in [0.1, 0.15) is 6.04 Å². The van der Waals surface area contributed by atoms with Crippen molar-refractivity contribution in [1.82, 2.24) is 4.72 Å². The van der Waals surface area contributed by atoms with E-state index < -0.39 is 28.0 Å². The lowest BCUT2D eigenvalue weighted by atomic mass is 10.1. The highest BCUT2D eigenvalue weighted by atomic mass is 79.9. The summed E-state index contributed by atoms with van der Waals surface area (Å²) < 4.78 is 37.5. The number of rotatable bonds is 6. The lowest BCUT2D eigenvalue weighted by molar-refractivity contribution is -0.142. The van der Waals surface area contributed by atoms with Crippen LogP contribution in [0.15, 0.2) is 57.9 Å². The number of sulfonamides is 1. The van der Waals surface area contributed by atoms with Gasteiger partial charge in [0.25, 0.3) is 0 Å². The van der Waals surface area contributed by atoms with E-state index in [-0.39, 0.29) is 10.5 Å². The SMILES string of the molecule is COC(=O)c1cc(S(=O)(=O)NC(C(=O)OC)c2ccccc2)ccc1Br. The molecule has 0 aromatic heterocycles. The Balaban J connectivity index is 2.43. The Morgan fingerprint density at radius 1 is 1.04 bits per heavy atom. The lowest BCUT2D eigenvalue weighted by Crippen LogP contribution is -2.34. The van der Waals surface area contributed by atoms with Crippen LogP contribution in [0.1, 0.15) is 22.0 Å². The maximum absolute atomic E-state index is 12.7. The van der Waals surface area contributed by atoms with Crippen molar-refractivity contribution in [2.24, 2.45) is 0 Å². The minimum atomic E-state index is -4.12. The second-order valence-electron chi connectivity index (χ2n) is 5.12. The number of hydrogen-bond acceptors (Lipinski definition) is 6. The van der Waals surface area contributed by atoms with E-state index in [1.165, 1.54) is 26.4 Å². The molecule has 2 aromatic carbocycles. The van der Waals surface area contributed by atoms with E-state index in [9.17, 15) is 18.0 Å². The zero-order chi connectivity index (χ0) is 19.3. The molecule has 1 N–H and O–H groups in total. The Labute approximate surface area is 159 Å². The lowest BCUT2D eigenvalue weighted by Gasteiger charge is -2.17. The molecule has 0 fully saturated rings. The van der Waals surface area contributed by atoms with E-state index in [1.807, 2.05) is 0 Å². The number of carbonyl (C=O) groups excluding carboxylic acids is 2. The monoisotopic (exact) mass is 441 g/mol. The Hall–Kier alpha value is -2.23. The fourth-order valence-corrected chi connectivity index (χ4v) is 3.78. The highest BCUT2D eigenvalue weighted by Crippen LogP contribution is 2.24. The highest BCUT2D eigenvalue weighted by molar-refractivity contribution is 9.10. The number of ether oxygens (including phenoxy) is 2. The molecule has 7 nitrogen and oxygen atoms in total.